The van der Waals surface area contributed by atoms with Gasteiger partial charge in [0, 0.05) is 15.8 Å². The van der Waals surface area contributed by atoms with Crippen LogP contribution >= 0.6 is 11.3 Å². The maximum atomic E-state index is 13.7. The molecule has 1 aliphatic carbocycles. The van der Waals surface area contributed by atoms with Crippen molar-refractivity contribution in [2.75, 3.05) is 0 Å². The Labute approximate surface area is 127 Å². The summed E-state index contributed by atoms with van der Waals surface area (Å²) in [5, 5.41) is 0. The van der Waals surface area contributed by atoms with Crippen molar-refractivity contribution < 1.29 is 8.78 Å². The first-order valence-corrected chi connectivity index (χ1v) is 8.26. The van der Waals surface area contributed by atoms with Crippen LogP contribution in [0, 0.1) is 11.6 Å². The van der Waals surface area contributed by atoms with Crippen LogP contribution in [0.3, 0.4) is 0 Å². The summed E-state index contributed by atoms with van der Waals surface area (Å²) >= 11 is 1.74. The van der Waals surface area contributed by atoms with Gasteiger partial charge in [-0.25, -0.2) is 8.78 Å². The highest BCUT2D eigenvalue weighted by Gasteiger charge is 2.17. The first-order chi connectivity index (χ1) is 10.1. The molecule has 1 heterocycles. The van der Waals surface area contributed by atoms with Gasteiger partial charge < -0.3 is 5.73 Å². The Morgan fingerprint density at radius 2 is 1.90 bits per heavy atom. The van der Waals surface area contributed by atoms with Gasteiger partial charge in [0.15, 0.2) is 0 Å². The molecule has 2 N–H and O–H groups in total. The van der Waals surface area contributed by atoms with Crippen LogP contribution in [0.2, 0.25) is 0 Å². The SMILES string of the molecule is NC(Cc1cc(F)ccc1F)c1cc2c(s1)CCCCC2. The predicted octanol–water partition coefficient (Wildman–Crippen LogP) is 4.54. The van der Waals surface area contributed by atoms with Crippen molar-refractivity contribution in [3.8, 4) is 0 Å². The Balaban J connectivity index is 1.79. The van der Waals surface area contributed by atoms with E-state index < -0.39 is 5.82 Å². The molecule has 1 unspecified atom stereocenters. The van der Waals surface area contributed by atoms with Crippen LogP contribution in [-0.4, -0.2) is 0 Å². The molecule has 1 aromatic heterocycles. The van der Waals surface area contributed by atoms with E-state index in [-0.39, 0.29) is 11.9 Å². The number of hydrogen-bond donors (Lipinski definition) is 1. The van der Waals surface area contributed by atoms with Gasteiger partial charge in [0.2, 0.25) is 0 Å². The van der Waals surface area contributed by atoms with E-state index in [4.69, 9.17) is 5.73 Å². The molecule has 2 aromatic rings. The number of thiophene rings is 1. The lowest BCUT2D eigenvalue weighted by Crippen LogP contribution is -2.13. The molecule has 1 aliphatic rings. The second kappa shape index (κ2) is 6.24. The molecule has 0 saturated heterocycles. The third-order valence-corrected chi connectivity index (χ3v) is 5.45. The van der Waals surface area contributed by atoms with E-state index in [1.54, 1.807) is 11.3 Å². The van der Waals surface area contributed by atoms with E-state index in [0.717, 1.165) is 23.8 Å². The lowest BCUT2D eigenvalue weighted by atomic mass is 10.0. The Kier molecular flexibility index (Phi) is 4.36. The molecule has 1 atom stereocenters. The average molecular weight is 307 g/mol. The summed E-state index contributed by atoms with van der Waals surface area (Å²) in [6.45, 7) is 0. The Hall–Kier alpha value is -1.26. The number of rotatable bonds is 3. The van der Waals surface area contributed by atoms with Crippen LogP contribution in [0.1, 0.15) is 46.2 Å². The van der Waals surface area contributed by atoms with Crippen molar-refractivity contribution in [1.82, 2.24) is 0 Å². The Morgan fingerprint density at radius 1 is 1.10 bits per heavy atom. The normalized spacial score (nSPS) is 16.3. The number of nitrogens with two attached hydrogens (primary N) is 1. The summed E-state index contributed by atoms with van der Waals surface area (Å²) in [6.07, 6.45) is 6.34. The summed E-state index contributed by atoms with van der Waals surface area (Å²) in [4.78, 5) is 2.52. The van der Waals surface area contributed by atoms with Gasteiger partial charge in [-0.05, 0) is 67.5 Å². The summed E-state index contributed by atoms with van der Waals surface area (Å²) in [7, 11) is 0. The maximum absolute atomic E-state index is 13.7. The molecule has 0 bridgehead atoms. The van der Waals surface area contributed by atoms with Crippen LogP contribution in [-0.2, 0) is 19.3 Å². The van der Waals surface area contributed by atoms with Gasteiger partial charge >= 0.3 is 0 Å². The minimum atomic E-state index is -0.416. The van der Waals surface area contributed by atoms with Crippen LogP contribution in [0.15, 0.2) is 24.3 Å². The number of fused-ring (bicyclic) bond motifs is 1. The molecule has 21 heavy (non-hydrogen) atoms. The molecule has 0 fully saturated rings. The molecular weight excluding hydrogens is 288 g/mol. The van der Waals surface area contributed by atoms with Crippen LogP contribution < -0.4 is 5.73 Å². The van der Waals surface area contributed by atoms with Gasteiger partial charge in [-0.3, -0.25) is 0 Å². The minimum Gasteiger partial charge on any atom is -0.323 e. The number of halogens is 2. The number of aryl methyl sites for hydroxylation is 2. The highest BCUT2D eigenvalue weighted by atomic mass is 32.1. The average Bonchev–Trinajstić information content (AvgIpc) is 2.74. The molecule has 3 rings (SSSR count). The number of benzene rings is 1. The van der Waals surface area contributed by atoms with Gasteiger partial charge in [0.05, 0.1) is 0 Å². The van der Waals surface area contributed by atoms with E-state index in [1.807, 2.05) is 0 Å². The lowest BCUT2D eigenvalue weighted by molar-refractivity contribution is 0.574. The van der Waals surface area contributed by atoms with Gasteiger partial charge in [-0.1, -0.05) is 6.42 Å². The van der Waals surface area contributed by atoms with Crippen molar-refractivity contribution in [3.63, 3.8) is 0 Å². The van der Waals surface area contributed by atoms with Crippen molar-refractivity contribution in [3.05, 3.63) is 56.8 Å². The smallest absolute Gasteiger partial charge is 0.126 e. The summed E-state index contributed by atoms with van der Waals surface area (Å²) in [6, 6.07) is 5.46. The third-order valence-electron chi connectivity index (χ3n) is 4.08. The third kappa shape index (κ3) is 3.33. The van der Waals surface area contributed by atoms with Gasteiger partial charge in [-0.2, -0.15) is 0 Å². The quantitative estimate of drug-likeness (QED) is 0.828. The summed E-state index contributed by atoms with van der Waals surface area (Å²) in [5.74, 6) is -0.800. The second-order valence-electron chi connectivity index (χ2n) is 5.70. The number of hydrogen-bond acceptors (Lipinski definition) is 2. The molecule has 0 aliphatic heterocycles. The highest BCUT2D eigenvalue weighted by molar-refractivity contribution is 7.12. The fraction of sp³-hybridized carbons (Fsp3) is 0.412. The minimum absolute atomic E-state index is 0.266. The first-order valence-electron chi connectivity index (χ1n) is 7.44. The van der Waals surface area contributed by atoms with Gasteiger partial charge in [-0.15, -0.1) is 11.3 Å². The molecular formula is C17H19F2NS. The van der Waals surface area contributed by atoms with E-state index >= 15 is 0 Å². The molecule has 4 heteroatoms. The highest BCUT2D eigenvalue weighted by Crippen LogP contribution is 2.32. The second-order valence-corrected chi connectivity index (χ2v) is 6.87. The first kappa shape index (κ1) is 14.7. The zero-order valence-electron chi connectivity index (χ0n) is 11.9. The van der Waals surface area contributed by atoms with Crippen molar-refractivity contribution in [2.24, 2.45) is 5.73 Å². The summed E-state index contributed by atoms with van der Waals surface area (Å²) in [5.41, 5.74) is 7.98. The van der Waals surface area contributed by atoms with Gasteiger partial charge in [0.1, 0.15) is 11.6 Å². The van der Waals surface area contributed by atoms with E-state index in [0.29, 0.717) is 12.0 Å². The zero-order chi connectivity index (χ0) is 14.8. The predicted molar refractivity (Wildman–Crippen MR) is 82.6 cm³/mol. The van der Waals surface area contributed by atoms with E-state index in [1.165, 1.54) is 41.8 Å². The molecule has 1 nitrogen and oxygen atoms in total. The zero-order valence-corrected chi connectivity index (χ0v) is 12.7. The molecule has 112 valence electrons. The summed E-state index contributed by atoms with van der Waals surface area (Å²) < 4.78 is 26.9. The van der Waals surface area contributed by atoms with Gasteiger partial charge in [0.25, 0.3) is 0 Å². The molecule has 0 radical (unpaired) electrons. The molecule has 0 spiro atoms. The monoisotopic (exact) mass is 307 g/mol. The Morgan fingerprint density at radius 3 is 2.76 bits per heavy atom. The van der Waals surface area contributed by atoms with E-state index in [2.05, 4.69) is 6.07 Å². The molecule has 1 aromatic carbocycles. The van der Waals surface area contributed by atoms with Crippen LogP contribution in [0.4, 0.5) is 8.78 Å². The van der Waals surface area contributed by atoms with Crippen molar-refractivity contribution in [2.45, 2.75) is 44.6 Å². The largest absolute Gasteiger partial charge is 0.323 e. The maximum Gasteiger partial charge on any atom is 0.126 e. The van der Waals surface area contributed by atoms with Crippen LogP contribution in [0.5, 0.6) is 0 Å². The van der Waals surface area contributed by atoms with Crippen molar-refractivity contribution in [1.29, 1.82) is 0 Å². The topological polar surface area (TPSA) is 26.0 Å². The van der Waals surface area contributed by atoms with E-state index in [9.17, 15) is 8.78 Å². The Bertz CT molecular complexity index is 612. The fourth-order valence-corrected chi connectivity index (χ4v) is 4.17. The standard InChI is InChI=1S/C17H19F2NS/c18-13-6-7-14(19)12(8-13)9-15(20)17-10-11-4-2-1-3-5-16(11)21-17/h6-8,10,15H,1-5,9,20H2. The molecule has 0 amide bonds. The lowest BCUT2D eigenvalue weighted by Gasteiger charge is -2.10. The van der Waals surface area contributed by atoms with Crippen molar-refractivity contribution >= 4 is 11.3 Å². The molecule has 0 saturated carbocycles. The van der Waals surface area contributed by atoms with Crippen LogP contribution in [0.25, 0.3) is 0 Å². The fourth-order valence-electron chi connectivity index (χ4n) is 2.91.